The van der Waals surface area contributed by atoms with E-state index in [1.54, 1.807) is 11.7 Å². The van der Waals surface area contributed by atoms with Gasteiger partial charge < -0.3 is 4.74 Å². The summed E-state index contributed by atoms with van der Waals surface area (Å²) in [5.41, 5.74) is 0.663. The van der Waals surface area contributed by atoms with E-state index in [4.69, 9.17) is 11.6 Å². The van der Waals surface area contributed by atoms with Crippen molar-refractivity contribution in [3.05, 3.63) is 16.9 Å². The van der Waals surface area contributed by atoms with Gasteiger partial charge in [0.1, 0.15) is 5.78 Å². The summed E-state index contributed by atoms with van der Waals surface area (Å²) in [5.74, 6) is -0.444. The van der Waals surface area contributed by atoms with Gasteiger partial charge in [-0.1, -0.05) is 11.6 Å². The summed E-state index contributed by atoms with van der Waals surface area (Å²) in [6, 6.07) is 0. The van der Waals surface area contributed by atoms with Crippen LogP contribution in [0.2, 0.25) is 5.02 Å². The molecule has 0 saturated carbocycles. The van der Waals surface area contributed by atoms with Crippen LogP contribution in [0.15, 0.2) is 6.20 Å². The van der Waals surface area contributed by atoms with Crippen LogP contribution in [0.25, 0.3) is 0 Å². The number of nitrogens with zero attached hydrogens (tertiary/aromatic N) is 2. The molecule has 6 heteroatoms. The van der Waals surface area contributed by atoms with Gasteiger partial charge in [-0.15, -0.1) is 0 Å². The monoisotopic (exact) mass is 244 g/mol. The second-order valence-electron chi connectivity index (χ2n) is 3.35. The molecule has 0 atom stereocenters. The SMILES string of the molecule is COC(=O)CCC(=O)Cc1c(Cl)cnn1C. The van der Waals surface area contributed by atoms with Crippen LogP contribution in [0, 0.1) is 0 Å². The van der Waals surface area contributed by atoms with Gasteiger partial charge in [0.25, 0.3) is 0 Å². The number of aryl methyl sites for hydroxylation is 1. The van der Waals surface area contributed by atoms with E-state index in [-0.39, 0.29) is 31.0 Å². The van der Waals surface area contributed by atoms with Crippen molar-refractivity contribution in [2.45, 2.75) is 19.3 Å². The molecule has 0 unspecified atom stereocenters. The van der Waals surface area contributed by atoms with E-state index in [1.165, 1.54) is 13.3 Å². The summed E-state index contributed by atoms with van der Waals surface area (Å²) in [6.45, 7) is 0. The Hall–Kier alpha value is -1.36. The number of Topliss-reactive ketones (excluding diaryl/α,β-unsaturated/α-hetero) is 1. The minimum absolute atomic E-state index is 0.0594. The van der Waals surface area contributed by atoms with E-state index in [0.29, 0.717) is 10.7 Å². The van der Waals surface area contributed by atoms with Crippen molar-refractivity contribution in [1.82, 2.24) is 9.78 Å². The fourth-order valence-corrected chi connectivity index (χ4v) is 1.49. The number of hydrogen-bond acceptors (Lipinski definition) is 4. The fraction of sp³-hybridized carbons (Fsp3) is 0.500. The summed E-state index contributed by atoms with van der Waals surface area (Å²) in [5, 5.41) is 4.39. The smallest absolute Gasteiger partial charge is 0.305 e. The van der Waals surface area contributed by atoms with Crippen molar-refractivity contribution >= 4 is 23.4 Å². The zero-order valence-corrected chi connectivity index (χ0v) is 9.95. The first-order valence-corrected chi connectivity index (χ1v) is 5.17. The average Bonchev–Trinajstić information content (AvgIpc) is 2.57. The molecule has 0 aliphatic rings. The highest BCUT2D eigenvalue weighted by atomic mass is 35.5. The Bertz CT molecular complexity index is 381. The van der Waals surface area contributed by atoms with Crippen molar-refractivity contribution in [1.29, 1.82) is 0 Å². The molecule has 0 fully saturated rings. The molecule has 0 saturated heterocycles. The number of methoxy groups -OCH3 is 1. The Morgan fingerprint density at radius 2 is 2.19 bits per heavy atom. The van der Waals surface area contributed by atoms with Crippen LogP contribution in [0.1, 0.15) is 18.5 Å². The van der Waals surface area contributed by atoms with Gasteiger partial charge in [-0.2, -0.15) is 5.10 Å². The van der Waals surface area contributed by atoms with Crippen molar-refractivity contribution in [2.75, 3.05) is 7.11 Å². The second kappa shape index (κ2) is 5.65. The molecule has 0 radical (unpaired) electrons. The third-order valence-corrected chi connectivity index (χ3v) is 2.53. The quantitative estimate of drug-likeness (QED) is 0.729. The number of hydrogen-bond donors (Lipinski definition) is 0. The van der Waals surface area contributed by atoms with Gasteiger partial charge in [-0.05, 0) is 0 Å². The predicted molar refractivity (Wildman–Crippen MR) is 58.2 cm³/mol. The summed E-state index contributed by atoms with van der Waals surface area (Å²) >= 11 is 5.85. The highest BCUT2D eigenvalue weighted by Gasteiger charge is 2.13. The fourth-order valence-electron chi connectivity index (χ4n) is 1.25. The Labute approximate surface area is 98.3 Å². The van der Waals surface area contributed by atoms with Gasteiger partial charge in [0.15, 0.2) is 0 Å². The van der Waals surface area contributed by atoms with E-state index < -0.39 is 0 Å². The standard InChI is InChI=1S/C10H13ClN2O3/c1-13-9(8(11)6-12-13)5-7(14)3-4-10(15)16-2/h6H,3-5H2,1-2H3. The zero-order chi connectivity index (χ0) is 12.1. The molecule has 88 valence electrons. The average molecular weight is 245 g/mol. The molecule has 0 aliphatic carbocycles. The lowest BCUT2D eigenvalue weighted by Gasteiger charge is -2.02. The van der Waals surface area contributed by atoms with Crippen LogP contribution in [0.5, 0.6) is 0 Å². The molecule has 0 aliphatic heterocycles. The van der Waals surface area contributed by atoms with Crippen LogP contribution in [0.3, 0.4) is 0 Å². The van der Waals surface area contributed by atoms with Crippen molar-refractivity contribution in [2.24, 2.45) is 7.05 Å². The Balaban J connectivity index is 2.49. The first-order valence-electron chi connectivity index (χ1n) is 4.79. The molecule has 0 bridgehead atoms. The van der Waals surface area contributed by atoms with E-state index >= 15 is 0 Å². The summed E-state index contributed by atoms with van der Waals surface area (Å²) in [7, 11) is 3.01. The van der Waals surface area contributed by atoms with Crippen molar-refractivity contribution < 1.29 is 14.3 Å². The van der Waals surface area contributed by atoms with Gasteiger partial charge in [0.2, 0.25) is 0 Å². The number of aromatic nitrogens is 2. The topological polar surface area (TPSA) is 61.2 Å². The number of carbonyl (C=O) groups excluding carboxylic acids is 2. The van der Waals surface area contributed by atoms with E-state index in [1.807, 2.05) is 0 Å². The molecule has 1 aromatic heterocycles. The molecular formula is C10H13ClN2O3. The summed E-state index contributed by atoms with van der Waals surface area (Å²) in [6.07, 6.45) is 1.94. The number of esters is 1. The molecule has 5 nitrogen and oxygen atoms in total. The van der Waals surface area contributed by atoms with Crippen LogP contribution >= 0.6 is 11.6 Å². The molecule has 1 heterocycles. The molecule has 0 amide bonds. The minimum Gasteiger partial charge on any atom is -0.469 e. The Morgan fingerprint density at radius 1 is 1.50 bits per heavy atom. The second-order valence-corrected chi connectivity index (χ2v) is 3.76. The number of carbonyl (C=O) groups is 2. The molecule has 0 spiro atoms. The molecule has 0 aromatic carbocycles. The highest BCUT2D eigenvalue weighted by Crippen LogP contribution is 2.15. The van der Waals surface area contributed by atoms with Crippen molar-refractivity contribution in [3.63, 3.8) is 0 Å². The van der Waals surface area contributed by atoms with Gasteiger partial charge in [-0.25, -0.2) is 0 Å². The Kier molecular flexibility index (Phi) is 4.49. The maximum atomic E-state index is 11.5. The molecule has 1 aromatic rings. The van der Waals surface area contributed by atoms with E-state index in [9.17, 15) is 9.59 Å². The van der Waals surface area contributed by atoms with E-state index in [0.717, 1.165) is 0 Å². The van der Waals surface area contributed by atoms with Gasteiger partial charge in [0, 0.05) is 19.9 Å². The number of rotatable bonds is 5. The van der Waals surface area contributed by atoms with Crippen molar-refractivity contribution in [3.8, 4) is 0 Å². The minimum atomic E-state index is -0.385. The van der Waals surface area contributed by atoms with Crippen LogP contribution in [-0.4, -0.2) is 28.6 Å². The normalized spacial score (nSPS) is 10.2. The lowest BCUT2D eigenvalue weighted by Crippen LogP contribution is -2.10. The maximum absolute atomic E-state index is 11.5. The van der Waals surface area contributed by atoms with Crippen LogP contribution in [-0.2, 0) is 27.8 Å². The molecule has 1 rings (SSSR count). The van der Waals surface area contributed by atoms with Crippen LogP contribution < -0.4 is 0 Å². The largest absolute Gasteiger partial charge is 0.469 e. The third-order valence-electron chi connectivity index (χ3n) is 2.21. The maximum Gasteiger partial charge on any atom is 0.305 e. The van der Waals surface area contributed by atoms with Gasteiger partial charge in [0.05, 0.1) is 30.4 Å². The summed E-state index contributed by atoms with van der Waals surface area (Å²) < 4.78 is 6.00. The molecule has 0 N–H and O–H groups in total. The van der Waals surface area contributed by atoms with Gasteiger partial charge >= 0.3 is 5.97 Å². The highest BCUT2D eigenvalue weighted by molar-refractivity contribution is 6.31. The lowest BCUT2D eigenvalue weighted by molar-refractivity contribution is -0.141. The first-order chi connectivity index (χ1) is 7.54. The lowest BCUT2D eigenvalue weighted by atomic mass is 10.1. The zero-order valence-electron chi connectivity index (χ0n) is 9.20. The first kappa shape index (κ1) is 12.7. The predicted octanol–water partition coefficient (Wildman–Crippen LogP) is 1.14. The summed E-state index contributed by atoms with van der Waals surface area (Å²) in [4.78, 5) is 22.4. The Morgan fingerprint density at radius 3 is 2.69 bits per heavy atom. The molecular weight excluding hydrogens is 232 g/mol. The van der Waals surface area contributed by atoms with Crippen LogP contribution in [0.4, 0.5) is 0 Å². The number of ketones is 1. The number of ether oxygens (including phenoxy) is 1. The molecule has 16 heavy (non-hydrogen) atoms. The van der Waals surface area contributed by atoms with E-state index in [2.05, 4.69) is 9.84 Å². The third kappa shape index (κ3) is 3.34. The number of halogens is 1. The van der Waals surface area contributed by atoms with Gasteiger partial charge in [-0.3, -0.25) is 14.3 Å².